The van der Waals surface area contributed by atoms with Gasteiger partial charge in [0, 0.05) is 11.4 Å². The van der Waals surface area contributed by atoms with Gasteiger partial charge in [-0.25, -0.2) is 4.39 Å². The molecule has 2 rings (SSSR count). The molecule has 106 valence electrons. The molecule has 2 aromatic carbocycles. The van der Waals surface area contributed by atoms with Gasteiger partial charge in [0.2, 0.25) is 0 Å². The molecule has 0 aliphatic rings. The molecule has 2 nitrogen and oxygen atoms in total. The minimum atomic E-state index is -0.733. The second-order valence-corrected chi connectivity index (χ2v) is 5.11. The van der Waals surface area contributed by atoms with Gasteiger partial charge in [-0.05, 0) is 53.9 Å². The fraction of sp³-hybridized carbons (Fsp3) is 0.250. The highest BCUT2D eigenvalue weighted by Crippen LogP contribution is 2.29. The van der Waals surface area contributed by atoms with Crippen LogP contribution in [0.25, 0.3) is 0 Å². The number of methoxy groups -OCH3 is 1. The predicted molar refractivity (Wildman–Crippen MR) is 77.8 cm³/mol. The maximum atomic E-state index is 13.1. The summed E-state index contributed by atoms with van der Waals surface area (Å²) < 4.78 is 18.3. The largest absolute Gasteiger partial charge is 0.496 e. The maximum Gasteiger partial charge on any atom is 0.123 e. The van der Waals surface area contributed by atoms with Crippen LogP contribution in [0.5, 0.6) is 5.75 Å². The zero-order chi connectivity index (χ0) is 14.7. The molecule has 0 heterocycles. The summed E-state index contributed by atoms with van der Waals surface area (Å²) in [5.41, 5.74) is 2.24. The number of aryl methyl sites for hydroxylation is 1. The molecule has 20 heavy (non-hydrogen) atoms. The average molecular weight is 295 g/mol. The zero-order valence-electron chi connectivity index (χ0n) is 11.4. The van der Waals surface area contributed by atoms with Crippen LogP contribution in [-0.4, -0.2) is 12.2 Å². The van der Waals surface area contributed by atoms with Crippen LogP contribution in [0.2, 0.25) is 5.02 Å². The topological polar surface area (TPSA) is 29.5 Å². The van der Waals surface area contributed by atoms with Crippen molar-refractivity contribution in [1.82, 2.24) is 0 Å². The Morgan fingerprint density at radius 2 is 2.00 bits per heavy atom. The van der Waals surface area contributed by atoms with Crippen LogP contribution in [0, 0.1) is 12.7 Å². The van der Waals surface area contributed by atoms with E-state index in [4.69, 9.17) is 16.3 Å². The molecule has 0 saturated heterocycles. The van der Waals surface area contributed by atoms with E-state index in [0.717, 1.165) is 11.1 Å². The van der Waals surface area contributed by atoms with Crippen LogP contribution >= 0.6 is 11.6 Å². The van der Waals surface area contributed by atoms with E-state index in [0.29, 0.717) is 22.8 Å². The second kappa shape index (κ2) is 6.25. The van der Waals surface area contributed by atoms with Gasteiger partial charge in [0.15, 0.2) is 0 Å². The van der Waals surface area contributed by atoms with Gasteiger partial charge in [-0.15, -0.1) is 0 Å². The van der Waals surface area contributed by atoms with Crippen molar-refractivity contribution in [3.05, 3.63) is 63.9 Å². The first kappa shape index (κ1) is 14.8. The third-order valence-corrected chi connectivity index (χ3v) is 3.48. The Balaban J connectivity index is 2.27. The van der Waals surface area contributed by atoms with E-state index in [9.17, 15) is 9.50 Å². The van der Waals surface area contributed by atoms with Gasteiger partial charge >= 0.3 is 0 Å². The highest BCUT2D eigenvalue weighted by molar-refractivity contribution is 6.30. The van der Waals surface area contributed by atoms with Crippen molar-refractivity contribution in [3.8, 4) is 5.75 Å². The van der Waals surface area contributed by atoms with Gasteiger partial charge in [-0.3, -0.25) is 0 Å². The Hall–Kier alpha value is -1.58. The lowest BCUT2D eigenvalue weighted by atomic mass is 9.97. The SMILES string of the molecule is COc1ccc(Cl)cc1CC(O)c1ccc(F)cc1C. The number of hydrogen-bond donors (Lipinski definition) is 1. The Kier molecular flexibility index (Phi) is 4.63. The Morgan fingerprint density at radius 1 is 1.25 bits per heavy atom. The van der Waals surface area contributed by atoms with Crippen molar-refractivity contribution >= 4 is 11.6 Å². The lowest BCUT2D eigenvalue weighted by molar-refractivity contribution is 0.176. The summed E-state index contributed by atoms with van der Waals surface area (Å²) in [4.78, 5) is 0. The standard InChI is InChI=1S/C16H16ClFO2/c1-10-7-13(18)4-5-14(10)15(19)9-11-8-12(17)3-6-16(11)20-2/h3-8,15,19H,9H2,1-2H3. The second-order valence-electron chi connectivity index (χ2n) is 4.68. The average Bonchev–Trinajstić information content (AvgIpc) is 2.38. The maximum absolute atomic E-state index is 13.1. The summed E-state index contributed by atoms with van der Waals surface area (Å²) in [6.45, 7) is 1.77. The van der Waals surface area contributed by atoms with E-state index in [1.165, 1.54) is 12.1 Å². The zero-order valence-corrected chi connectivity index (χ0v) is 12.1. The van der Waals surface area contributed by atoms with Crippen molar-refractivity contribution in [2.24, 2.45) is 0 Å². The monoisotopic (exact) mass is 294 g/mol. The minimum absolute atomic E-state index is 0.307. The third-order valence-electron chi connectivity index (χ3n) is 3.25. The molecule has 2 aromatic rings. The molecule has 0 aromatic heterocycles. The molecule has 1 unspecified atom stereocenters. The van der Waals surface area contributed by atoms with Crippen LogP contribution in [0.15, 0.2) is 36.4 Å². The molecule has 1 N–H and O–H groups in total. The number of aliphatic hydroxyl groups is 1. The summed E-state index contributed by atoms with van der Waals surface area (Å²) in [6, 6.07) is 9.63. The molecular formula is C16H16ClFO2. The molecule has 0 fully saturated rings. The van der Waals surface area contributed by atoms with Gasteiger partial charge in [0.1, 0.15) is 11.6 Å². The Morgan fingerprint density at radius 3 is 2.65 bits per heavy atom. The van der Waals surface area contributed by atoms with Crippen molar-refractivity contribution in [2.75, 3.05) is 7.11 Å². The summed E-state index contributed by atoms with van der Waals surface area (Å²) in [6.07, 6.45) is -0.376. The lowest BCUT2D eigenvalue weighted by Gasteiger charge is -2.16. The van der Waals surface area contributed by atoms with Crippen LogP contribution < -0.4 is 4.74 Å². The van der Waals surface area contributed by atoms with Crippen LogP contribution in [0.1, 0.15) is 22.8 Å². The van der Waals surface area contributed by atoms with E-state index in [1.807, 2.05) is 0 Å². The molecule has 1 atom stereocenters. The number of benzene rings is 2. The lowest BCUT2D eigenvalue weighted by Crippen LogP contribution is -2.05. The van der Waals surface area contributed by atoms with Gasteiger partial charge < -0.3 is 9.84 Å². The van der Waals surface area contributed by atoms with Gasteiger partial charge in [-0.2, -0.15) is 0 Å². The van der Waals surface area contributed by atoms with Crippen LogP contribution in [0.4, 0.5) is 4.39 Å². The quantitative estimate of drug-likeness (QED) is 0.921. The van der Waals surface area contributed by atoms with E-state index in [1.54, 1.807) is 38.3 Å². The third kappa shape index (κ3) is 3.30. The fourth-order valence-corrected chi connectivity index (χ4v) is 2.43. The van der Waals surface area contributed by atoms with Gasteiger partial charge in [0.25, 0.3) is 0 Å². The van der Waals surface area contributed by atoms with E-state index in [2.05, 4.69) is 0 Å². The first-order valence-electron chi connectivity index (χ1n) is 6.28. The Labute approximate surface area is 122 Å². The summed E-state index contributed by atoms with van der Waals surface area (Å²) in [5, 5.41) is 10.9. The predicted octanol–water partition coefficient (Wildman–Crippen LogP) is 4.07. The molecule has 0 radical (unpaired) electrons. The Bertz CT molecular complexity index is 613. The molecular weight excluding hydrogens is 279 g/mol. The smallest absolute Gasteiger partial charge is 0.123 e. The van der Waals surface area contributed by atoms with Crippen molar-refractivity contribution in [3.63, 3.8) is 0 Å². The van der Waals surface area contributed by atoms with E-state index in [-0.39, 0.29) is 5.82 Å². The molecule has 0 aliphatic carbocycles. The summed E-state index contributed by atoms with van der Waals surface area (Å²) >= 11 is 5.97. The molecule has 0 amide bonds. The number of aliphatic hydroxyl groups excluding tert-OH is 1. The molecule has 0 aliphatic heterocycles. The van der Waals surface area contributed by atoms with Gasteiger partial charge in [0.05, 0.1) is 13.2 Å². The van der Waals surface area contributed by atoms with Crippen LogP contribution in [0.3, 0.4) is 0 Å². The first-order chi connectivity index (χ1) is 9.51. The highest BCUT2D eigenvalue weighted by Gasteiger charge is 2.14. The van der Waals surface area contributed by atoms with Gasteiger partial charge in [-0.1, -0.05) is 17.7 Å². The molecule has 0 saturated carbocycles. The number of halogens is 2. The highest BCUT2D eigenvalue weighted by atomic mass is 35.5. The molecule has 4 heteroatoms. The van der Waals surface area contributed by atoms with E-state index >= 15 is 0 Å². The molecule has 0 spiro atoms. The molecule has 0 bridgehead atoms. The van der Waals surface area contributed by atoms with Crippen LogP contribution in [-0.2, 0) is 6.42 Å². The van der Waals surface area contributed by atoms with Crippen molar-refractivity contribution < 1.29 is 14.2 Å². The summed E-state index contributed by atoms with van der Waals surface area (Å²) in [7, 11) is 1.57. The van der Waals surface area contributed by atoms with Crippen molar-refractivity contribution in [2.45, 2.75) is 19.4 Å². The first-order valence-corrected chi connectivity index (χ1v) is 6.65. The minimum Gasteiger partial charge on any atom is -0.496 e. The normalized spacial score (nSPS) is 12.2. The fourth-order valence-electron chi connectivity index (χ4n) is 2.24. The summed E-state index contributed by atoms with van der Waals surface area (Å²) in [5.74, 6) is 0.368. The van der Waals surface area contributed by atoms with Crippen molar-refractivity contribution in [1.29, 1.82) is 0 Å². The number of hydrogen-bond acceptors (Lipinski definition) is 2. The van der Waals surface area contributed by atoms with E-state index < -0.39 is 6.10 Å². The number of rotatable bonds is 4. The number of ether oxygens (including phenoxy) is 1.